The molecule has 0 aliphatic heterocycles. The van der Waals surface area contributed by atoms with Gasteiger partial charge in [0.2, 0.25) is 0 Å². The van der Waals surface area contributed by atoms with Crippen molar-refractivity contribution in [3.63, 3.8) is 0 Å². The number of benzene rings is 1. The van der Waals surface area contributed by atoms with E-state index in [0.29, 0.717) is 19.1 Å². The van der Waals surface area contributed by atoms with E-state index in [1.807, 2.05) is 12.1 Å². The molecule has 1 aliphatic carbocycles. The molecule has 2 amide bonds. The van der Waals surface area contributed by atoms with Crippen LogP contribution in [0.15, 0.2) is 34.9 Å². The van der Waals surface area contributed by atoms with Crippen LogP contribution in [0.3, 0.4) is 0 Å². The van der Waals surface area contributed by atoms with Gasteiger partial charge in [-0.1, -0.05) is 24.3 Å². The van der Waals surface area contributed by atoms with Crippen LogP contribution in [0.5, 0.6) is 0 Å². The first-order valence-electron chi connectivity index (χ1n) is 7.20. The molecule has 6 nitrogen and oxygen atoms in total. The molecule has 1 aromatic heterocycles. The number of nitrogens with zero attached hydrogens (tertiary/aromatic N) is 1. The summed E-state index contributed by atoms with van der Waals surface area (Å²) in [7, 11) is 0. The third-order valence-corrected chi connectivity index (χ3v) is 3.79. The second-order valence-corrected chi connectivity index (χ2v) is 5.42. The number of oxazole rings is 1. The predicted octanol–water partition coefficient (Wildman–Crippen LogP) is 2.86. The van der Waals surface area contributed by atoms with Crippen molar-refractivity contribution in [1.82, 2.24) is 10.3 Å². The molecule has 0 saturated heterocycles. The summed E-state index contributed by atoms with van der Waals surface area (Å²) in [4.78, 5) is 15.1. The Kier molecular flexibility index (Phi) is 4.18. The van der Waals surface area contributed by atoms with E-state index in [9.17, 15) is 23.1 Å². The molecule has 2 aromatic rings. The molecule has 128 valence electrons. The molecule has 0 saturated carbocycles. The zero-order chi connectivity index (χ0) is 17.3. The van der Waals surface area contributed by atoms with E-state index in [1.165, 1.54) is 0 Å². The number of aryl methyl sites for hydroxylation is 1. The molecule has 1 aromatic carbocycles. The monoisotopic (exact) mass is 341 g/mol. The fourth-order valence-corrected chi connectivity index (χ4v) is 2.65. The minimum atomic E-state index is -4.65. The van der Waals surface area contributed by atoms with Gasteiger partial charge in [-0.05, 0) is 24.0 Å². The molecule has 0 radical (unpaired) electrons. The quantitative estimate of drug-likeness (QED) is 0.784. The van der Waals surface area contributed by atoms with Crippen molar-refractivity contribution in [1.29, 1.82) is 0 Å². The molecule has 24 heavy (non-hydrogen) atoms. The van der Waals surface area contributed by atoms with Gasteiger partial charge < -0.3 is 14.8 Å². The van der Waals surface area contributed by atoms with Gasteiger partial charge in [0.05, 0.1) is 12.1 Å². The lowest BCUT2D eigenvalue weighted by Gasteiger charge is -2.30. The maximum atomic E-state index is 12.4. The summed E-state index contributed by atoms with van der Waals surface area (Å²) in [5.74, 6) is 0. The highest BCUT2D eigenvalue weighted by Crippen LogP contribution is 2.31. The van der Waals surface area contributed by atoms with Crippen LogP contribution >= 0.6 is 0 Å². The molecule has 0 spiro atoms. The lowest BCUT2D eigenvalue weighted by molar-refractivity contribution is -0.141. The van der Waals surface area contributed by atoms with E-state index in [4.69, 9.17) is 0 Å². The number of amides is 2. The van der Waals surface area contributed by atoms with Crippen LogP contribution in [0, 0.1) is 0 Å². The van der Waals surface area contributed by atoms with Gasteiger partial charge in [-0.2, -0.15) is 18.2 Å². The normalized spacial score (nSPS) is 20.3. The topological polar surface area (TPSA) is 87.4 Å². The van der Waals surface area contributed by atoms with Gasteiger partial charge in [0.15, 0.2) is 5.69 Å². The number of aliphatic hydroxyl groups excluding tert-OH is 1. The van der Waals surface area contributed by atoms with Gasteiger partial charge in [-0.25, -0.2) is 4.79 Å². The summed E-state index contributed by atoms with van der Waals surface area (Å²) in [6, 6.07) is 5.29. The zero-order valence-corrected chi connectivity index (χ0v) is 12.3. The smallest absolute Gasteiger partial charge is 0.431 e. The number of nitrogens with one attached hydrogen (secondary N) is 2. The van der Waals surface area contributed by atoms with Crippen molar-refractivity contribution in [2.45, 2.75) is 31.2 Å². The Balaban J connectivity index is 1.70. The van der Waals surface area contributed by atoms with Crippen molar-refractivity contribution in [2.75, 3.05) is 5.32 Å². The summed E-state index contributed by atoms with van der Waals surface area (Å²) in [6.45, 7) is 0. The van der Waals surface area contributed by atoms with Crippen LogP contribution < -0.4 is 10.6 Å². The Labute approximate surface area is 134 Å². The van der Waals surface area contributed by atoms with Gasteiger partial charge in [-0.15, -0.1) is 0 Å². The van der Waals surface area contributed by atoms with Crippen LogP contribution in [-0.2, 0) is 12.6 Å². The Bertz CT molecular complexity index is 745. The Morgan fingerprint density at radius 1 is 1.33 bits per heavy atom. The summed E-state index contributed by atoms with van der Waals surface area (Å²) in [5.41, 5.74) is 0.541. The number of halogens is 3. The minimum absolute atomic E-state index is 0.417. The minimum Gasteiger partial charge on any atom is -0.431 e. The first-order valence-corrected chi connectivity index (χ1v) is 7.20. The number of anilines is 1. The fraction of sp³-hybridized carbons (Fsp3) is 0.333. The lowest BCUT2D eigenvalue weighted by atomic mass is 9.86. The number of urea groups is 1. The second kappa shape index (κ2) is 6.16. The van der Waals surface area contributed by atoms with E-state index < -0.39 is 36.1 Å². The number of hydrogen-bond donors (Lipinski definition) is 3. The predicted molar refractivity (Wildman–Crippen MR) is 77.2 cm³/mol. The Morgan fingerprint density at radius 3 is 2.79 bits per heavy atom. The van der Waals surface area contributed by atoms with Crippen molar-refractivity contribution in [2.24, 2.45) is 0 Å². The molecule has 1 heterocycles. The highest BCUT2D eigenvalue weighted by atomic mass is 19.4. The van der Waals surface area contributed by atoms with Crippen LogP contribution in [-0.4, -0.2) is 22.2 Å². The third kappa shape index (κ3) is 3.35. The number of aliphatic hydroxyl groups is 1. The van der Waals surface area contributed by atoms with Crippen molar-refractivity contribution < 1.29 is 27.5 Å². The van der Waals surface area contributed by atoms with Crippen LogP contribution in [0.25, 0.3) is 0 Å². The number of carbonyl (C=O) groups excluding carboxylic acids is 1. The molecule has 0 unspecified atom stereocenters. The average Bonchev–Trinajstić information content (AvgIpc) is 2.99. The molecule has 0 bridgehead atoms. The van der Waals surface area contributed by atoms with Crippen molar-refractivity contribution in [3.8, 4) is 0 Å². The number of rotatable bonds is 2. The van der Waals surface area contributed by atoms with E-state index in [0.717, 1.165) is 11.1 Å². The third-order valence-electron chi connectivity index (χ3n) is 3.79. The summed E-state index contributed by atoms with van der Waals surface area (Å²) < 4.78 is 41.9. The van der Waals surface area contributed by atoms with Crippen LogP contribution in [0.4, 0.5) is 24.0 Å². The number of aromatic nitrogens is 1. The molecule has 0 fully saturated rings. The highest BCUT2D eigenvalue weighted by Gasteiger charge is 2.35. The molecular weight excluding hydrogens is 327 g/mol. The van der Waals surface area contributed by atoms with Gasteiger partial charge >= 0.3 is 18.2 Å². The first kappa shape index (κ1) is 16.3. The average molecular weight is 341 g/mol. The molecule has 9 heteroatoms. The Morgan fingerprint density at radius 2 is 2.08 bits per heavy atom. The van der Waals surface area contributed by atoms with Crippen molar-refractivity contribution in [3.05, 3.63) is 47.3 Å². The van der Waals surface area contributed by atoms with E-state index in [2.05, 4.69) is 20.0 Å². The van der Waals surface area contributed by atoms with Gasteiger partial charge in [-0.3, -0.25) is 5.32 Å². The number of fused-ring (bicyclic) bond motifs is 1. The molecular formula is C15H14F3N3O3. The first-order chi connectivity index (χ1) is 11.3. The number of hydrogen-bond acceptors (Lipinski definition) is 4. The summed E-state index contributed by atoms with van der Waals surface area (Å²) in [5, 5.41) is 14.7. The largest absolute Gasteiger partial charge is 0.436 e. The maximum absolute atomic E-state index is 12.4. The molecule has 3 rings (SSSR count). The van der Waals surface area contributed by atoms with Crippen molar-refractivity contribution >= 4 is 12.0 Å². The van der Waals surface area contributed by atoms with Gasteiger partial charge in [0.1, 0.15) is 6.26 Å². The molecule has 3 N–H and O–H groups in total. The number of carbonyl (C=O) groups is 1. The maximum Gasteiger partial charge on any atom is 0.436 e. The van der Waals surface area contributed by atoms with Gasteiger partial charge in [0, 0.05) is 0 Å². The summed E-state index contributed by atoms with van der Waals surface area (Å²) >= 11 is 0. The van der Waals surface area contributed by atoms with Crippen LogP contribution in [0.1, 0.15) is 29.3 Å². The molecule has 1 aliphatic rings. The fourth-order valence-electron chi connectivity index (χ4n) is 2.65. The van der Waals surface area contributed by atoms with Crippen LogP contribution in [0.2, 0.25) is 0 Å². The summed E-state index contributed by atoms with van der Waals surface area (Å²) in [6.07, 6.45) is -3.87. The standard InChI is InChI=1S/C15H14F3N3O3/c16-15(17,18)11-7-24-14(19-11)21-13(23)20-12-9-4-2-1-3-8(9)5-6-10(12)22/h1-4,7,10,12,22H,5-6H2,(H2,19,20,21,23)/t10-,12+/m1/s1. The van der Waals surface area contributed by atoms with Gasteiger partial charge in [0.25, 0.3) is 0 Å². The second-order valence-electron chi connectivity index (χ2n) is 5.42. The molecule has 2 atom stereocenters. The Hall–Kier alpha value is -2.55. The van der Waals surface area contributed by atoms with E-state index >= 15 is 0 Å². The number of alkyl halides is 3. The lowest BCUT2D eigenvalue weighted by Crippen LogP contribution is -2.41. The zero-order valence-electron chi connectivity index (χ0n) is 12.3. The highest BCUT2D eigenvalue weighted by molar-refractivity contribution is 5.87. The van der Waals surface area contributed by atoms with E-state index in [1.54, 1.807) is 12.1 Å². The SMILES string of the molecule is O=C(Nc1nc(C(F)(F)F)co1)N[C@H]1c2ccccc2CC[C@H]1O. The van der Waals surface area contributed by atoms with E-state index in [-0.39, 0.29) is 0 Å².